The number of nitrogens with zero attached hydrogens (tertiary/aromatic N) is 3. The van der Waals surface area contributed by atoms with Crippen LogP contribution < -0.4 is 9.80 Å². The summed E-state index contributed by atoms with van der Waals surface area (Å²) in [4.78, 5) is 28.7. The average Bonchev–Trinajstić information content (AvgIpc) is 2.83. The van der Waals surface area contributed by atoms with Gasteiger partial charge in [-0.25, -0.2) is 17.5 Å². The lowest BCUT2D eigenvalue weighted by Gasteiger charge is -2.41. The molecule has 2 aromatic carbocycles. The lowest BCUT2D eigenvalue weighted by molar-refractivity contribution is -0.120. The molecule has 0 saturated heterocycles. The lowest BCUT2D eigenvalue weighted by atomic mass is 9.86. The number of benzene rings is 2. The van der Waals surface area contributed by atoms with Crippen LogP contribution in [0, 0.1) is 5.92 Å². The number of hydrogen-bond acceptors (Lipinski definition) is 4. The van der Waals surface area contributed by atoms with Gasteiger partial charge in [0.05, 0.1) is 22.3 Å². The number of sulfonamides is 1. The molecule has 0 unspecified atom stereocenters. The maximum atomic E-state index is 13.4. The van der Waals surface area contributed by atoms with E-state index in [1.165, 1.54) is 25.4 Å². The molecule has 1 saturated carbocycles. The normalized spacial score (nSPS) is 19.0. The van der Waals surface area contributed by atoms with Crippen molar-refractivity contribution in [2.75, 3.05) is 30.4 Å². The Morgan fingerprint density at radius 2 is 1.60 bits per heavy atom. The van der Waals surface area contributed by atoms with E-state index in [4.69, 9.17) is 0 Å². The monoisotopic (exact) mass is 499 g/mol. The van der Waals surface area contributed by atoms with Crippen LogP contribution in [0.3, 0.4) is 0 Å². The highest BCUT2D eigenvalue weighted by molar-refractivity contribution is 7.89. The van der Waals surface area contributed by atoms with Crippen LogP contribution in [0.25, 0.3) is 11.1 Å². The predicted molar refractivity (Wildman–Crippen MR) is 136 cm³/mol. The zero-order chi connectivity index (χ0) is 25.3. The fourth-order valence-electron chi connectivity index (χ4n) is 5.13. The fourth-order valence-corrected chi connectivity index (χ4v) is 6.03. The number of carbonyl (C=O) groups excluding carboxylic acids is 1. The molecule has 1 N–H and O–H groups in total. The van der Waals surface area contributed by atoms with Crippen LogP contribution in [0.15, 0.2) is 47.4 Å². The Kier molecular flexibility index (Phi) is 7.19. The predicted octanol–water partition coefficient (Wildman–Crippen LogP) is 4.79. The van der Waals surface area contributed by atoms with Crippen molar-refractivity contribution >= 4 is 33.4 Å². The van der Waals surface area contributed by atoms with Crippen molar-refractivity contribution in [3.63, 3.8) is 0 Å². The summed E-state index contributed by atoms with van der Waals surface area (Å²) in [5.41, 5.74) is 2.57. The summed E-state index contributed by atoms with van der Waals surface area (Å²) in [6, 6.07) is 11.7. The average molecular weight is 500 g/mol. The Labute approximate surface area is 207 Å². The molecule has 0 aromatic heterocycles. The summed E-state index contributed by atoms with van der Waals surface area (Å²) in [5, 5.41) is 9.88. The van der Waals surface area contributed by atoms with E-state index in [0.717, 1.165) is 41.1 Å². The number of anilines is 2. The van der Waals surface area contributed by atoms with E-state index < -0.39 is 16.1 Å². The van der Waals surface area contributed by atoms with Crippen molar-refractivity contribution in [2.45, 2.75) is 56.4 Å². The van der Waals surface area contributed by atoms with Crippen molar-refractivity contribution in [3.05, 3.63) is 42.5 Å². The molecule has 1 aliphatic carbocycles. The molecule has 1 aliphatic heterocycles. The van der Waals surface area contributed by atoms with E-state index in [9.17, 15) is 23.1 Å². The lowest BCUT2D eigenvalue weighted by Crippen LogP contribution is -2.52. The molecule has 0 spiro atoms. The van der Waals surface area contributed by atoms with Crippen molar-refractivity contribution in [1.29, 1.82) is 0 Å². The minimum absolute atomic E-state index is 0.0432. The quantitative estimate of drug-likeness (QED) is 0.638. The second-order valence-electron chi connectivity index (χ2n) is 9.73. The number of rotatable bonds is 5. The summed E-state index contributed by atoms with van der Waals surface area (Å²) < 4.78 is 25.9. The maximum absolute atomic E-state index is 13.4. The Morgan fingerprint density at radius 3 is 2.20 bits per heavy atom. The molecule has 1 atom stereocenters. The van der Waals surface area contributed by atoms with Gasteiger partial charge in [0.15, 0.2) is 0 Å². The third-order valence-electron chi connectivity index (χ3n) is 7.07. The molecule has 1 heterocycles. The summed E-state index contributed by atoms with van der Waals surface area (Å²) in [6.45, 7) is 2.08. The molecule has 188 valence electrons. The van der Waals surface area contributed by atoms with Crippen molar-refractivity contribution in [1.82, 2.24) is 4.31 Å². The Balaban J connectivity index is 1.67. The third kappa shape index (κ3) is 5.06. The molecule has 0 radical (unpaired) electrons. The van der Waals surface area contributed by atoms with Crippen LogP contribution in [0.4, 0.5) is 16.2 Å². The third-order valence-corrected chi connectivity index (χ3v) is 8.90. The first kappa shape index (κ1) is 25.2. The van der Waals surface area contributed by atoms with Crippen LogP contribution in [0.5, 0.6) is 0 Å². The van der Waals surface area contributed by atoms with E-state index in [0.29, 0.717) is 23.7 Å². The van der Waals surface area contributed by atoms with E-state index in [1.807, 2.05) is 13.0 Å². The Hall–Kier alpha value is -2.91. The molecule has 2 amide bonds. The number of amides is 2. The molecule has 9 heteroatoms. The molecule has 1 fully saturated rings. The molecule has 0 bridgehead atoms. The van der Waals surface area contributed by atoms with Gasteiger partial charge in [0, 0.05) is 27.1 Å². The highest BCUT2D eigenvalue weighted by Crippen LogP contribution is 2.40. The van der Waals surface area contributed by atoms with Gasteiger partial charge in [-0.15, -0.1) is 0 Å². The van der Waals surface area contributed by atoms with Gasteiger partial charge in [0.2, 0.25) is 15.9 Å². The Bertz CT molecular complexity index is 1200. The molecule has 4 rings (SSSR count). The second kappa shape index (κ2) is 9.99. The molecule has 35 heavy (non-hydrogen) atoms. The molecular weight excluding hydrogens is 466 g/mol. The van der Waals surface area contributed by atoms with Gasteiger partial charge in [-0.05, 0) is 61.1 Å². The summed E-state index contributed by atoms with van der Waals surface area (Å²) >= 11 is 0. The highest BCUT2D eigenvalue weighted by Gasteiger charge is 2.36. The van der Waals surface area contributed by atoms with Crippen LogP contribution in [-0.4, -0.2) is 56.5 Å². The fraction of sp³-hybridized carbons (Fsp3) is 0.462. The van der Waals surface area contributed by atoms with Crippen molar-refractivity contribution in [2.24, 2.45) is 5.92 Å². The van der Waals surface area contributed by atoms with Gasteiger partial charge in [-0.1, -0.05) is 37.5 Å². The standard InChI is InChI=1S/C26H33N3O5S/c1-18-17-28(26(31)32)24-16-21(20-9-12-22(13-10-20)35(33,34)27(2)3)11-14-23(24)29(18)25(30)15-19-7-5-4-6-8-19/h9-14,16,18-19H,4-8,15,17H2,1-3H3,(H,31,32)/t18-/m0/s1. The van der Waals surface area contributed by atoms with Crippen LogP contribution in [0.2, 0.25) is 0 Å². The first-order valence-electron chi connectivity index (χ1n) is 12.1. The van der Waals surface area contributed by atoms with E-state index in [-0.39, 0.29) is 23.4 Å². The largest absolute Gasteiger partial charge is 0.465 e. The summed E-state index contributed by atoms with van der Waals surface area (Å²) in [6.07, 6.45) is 5.11. The first-order valence-corrected chi connectivity index (χ1v) is 13.5. The van der Waals surface area contributed by atoms with E-state index >= 15 is 0 Å². The van der Waals surface area contributed by atoms with Crippen LogP contribution in [-0.2, 0) is 14.8 Å². The molecular formula is C26H33N3O5S. The number of carbonyl (C=O) groups is 2. The minimum atomic E-state index is -3.54. The zero-order valence-corrected chi connectivity index (χ0v) is 21.3. The SMILES string of the molecule is C[C@H]1CN(C(=O)O)c2cc(-c3ccc(S(=O)(=O)N(C)C)cc3)ccc2N1C(=O)CC1CCCCC1. The maximum Gasteiger partial charge on any atom is 0.411 e. The van der Waals surface area contributed by atoms with Gasteiger partial charge < -0.3 is 10.0 Å². The van der Waals surface area contributed by atoms with Crippen molar-refractivity contribution in [3.8, 4) is 11.1 Å². The highest BCUT2D eigenvalue weighted by atomic mass is 32.2. The molecule has 8 nitrogen and oxygen atoms in total. The van der Waals surface area contributed by atoms with Gasteiger partial charge >= 0.3 is 6.09 Å². The summed E-state index contributed by atoms with van der Waals surface area (Å²) in [5.74, 6) is 0.433. The second-order valence-corrected chi connectivity index (χ2v) is 11.9. The first-order chi connectivity index (χ1) is 16.6. The van der Waals surface area contributed by atoms with Gasteiger partial charge in [0.1, 0.15) is 0 Å². The number of hydrogen-bond donors (Lipinski definition) is 1. The van der Waals surface area contributed by atoms with Gasteiger partial charge in [0.25, 0.3) is 0 Å². The molecule has 2 aliphatic rings. The Morgan fingerprint density at radius 1 is 0.971 bits per heavy atom. The van der Waals surface area contributed by atoms with Crippen LogP contribution >= 0.6 is 0 Å². The smallest absolute Gasteiger partial charge is 0.411 e. The van der Waals surface area contributed by atoms with E-state index in [2.05, 4.69) is 0 Å². The zero-order valence-electron chi connectivity index (χ0n) is 20.5. The van der Waals surface area contributed by atoms with Crippen molar-refractivity contribution < 1.29 is 23.1 Å². The number of carboxylic acid groups (broad SMARTS) is 1. The topological polar surface area (TPSA) is 98.2 Å². The van der Waals surface area contributed by atoms with Gasteiger partial charge in [-0.2, -0.15) is 0 Å². The molecule has 2 aromatic rings. The van der Waals surface area contributed by atoms with E-state index in [1.54, 1.807) is 41.3 Å². The minimum Gasteiger partial charge on any atom is -0.465 e. The van der Waals surface area contributed by atoms with Gasteiger partial charge in [-0.3, -0.25) is 9.69 Å². The summed E-state index contributed by atoms with van der Waals surface area (Å²) in [7, 11) is -0.579. The number of fused-ring (bicyclic) bond motifs is 1. The van der Waals surface area contributed by atoms with Crippen LogP contribution in [0.1, 0.15) is 45.4 Å².